The Kier molecular flexibility index (Phi) is 3.05. The van der Waals surface area contributed by atoms with Gasteiger partial charge in [-0.25, -0.2) is 4.63 Å². The minimum atomic E-state index is -0.536. The summed E-state index contributed by atoms with van der Waals surface area (Å²) in [5.41, 5.74) is 0.932. The molecule has 0 saturated carbocycles. The maximum Gasteiger partial charge on any atom is 0.300 e. The normalized spacial score (nSPS) is 10.2. The van der Waals surface area contributed by atoms with E-state index in [1.54, 1.807) is 18.0 Å². The van der Waals surface area contributed by atoms with Gasteiger partial charge in [-0.2, -0.15) is 5.26 Å². The molecule has 0 spiro atoms. The van der Waals surface area contributed by atoms with E-state index >= 15 is 0 Å². The van der Waals surface area contributed by atoms with Gasteiger partial charge >= 0.3 is 5.69 Å². The Morgan fingerprint density at radius 2 is 2.22 bits per heavy atom. The van der Waals surface area contributed by atoms with Crippen LogP contribution < -0.4 is 4.90 Å². The van der Waals surface area contributed by atoms with Gasteiger partial charge in [-0.1, -0.05) is 0 Å². The lowest BCUT2D eigenvalue weighted by Crippen LogP contribution is -2.18. The molecule has 18 heavy (non-hydrogen) atoms. The molecule has 1 aromatic carbocycles. The predicted molar refractivity (Wildman–Crippen MR) is 62.0 cm³/mol. The van der Waals surface area contributed by atoms with Gasteiger partial charge in [0.15, 0.2) is 5.52 Å². The topological polar surface area (TPSA) is 109 Å². The van der Waals surface area contributed by atoms with E-state index in [1.807, 2.05) is 6.07 Å². The number of aromatic nitrogens is 2. The molecule has 0 bridgehead atoms. The van der Waals surface area contributed by atoms with E-state index in [0.717, 1.165) is 0 Å². The van der Waals surface area contributed by atoms with Crippen molar-refractivity contribution in [3.63, 3.8) is 0 Å². The van der Waals surface area contributed by atoms with Crippen LogP contribution in [0.4, 0.5) is 11.4 Å². The largest absolute Gasteiger partial charge is 0.372 e. The van der Waals surface area contributed by atoms with Crippen LogP contribution in [0.1, 0.15) is 6.42 Å². The number of anilines is 1. The number of nitriles is 1. The molecule has 1 aromatic heterocycles. The number of non-ortho nitro benzene ring substituents is 1. The Balaban J connectivity index is 2.48. The lowest BCUT2D eigenvalue weighted by Gasteiger charge is -2.17. The van der Waals surface area contributed by atoms with E-state index < -0.39 is 4.92 Å². The third-order valence-electron chi connectivity index (χ3n) is 2.54. The van der Waals surface area contributed by atoms with Gasteiger partial charge in [-0.05, 0) is 16.4 Å². The first kappa shape index (κ1) is 11.8. The average Bonchev–Trinajstić information content (AvgIpc) is 2.83. The van der Waals surface area contributed by atoms with Crippen LogP contribution in [0.5, 0.6) is 0 Å². The first-order chi connectivity index (χ1) is 8.65. The number of nitro benzene ring substituents is 1. The number of benzene rings is 1. The van der Waals surface area contributed by atoms with E-state index in [0.29, 0.717) is 24.2 Å². The highest BCUT2D eigenvalue weighted by atomic mass is 16.6. The summed E-state index contributed by atoms with van der Waals surface area (Å²) in [7, 11) is 1.77. The number of hydrogen-bond acceptors (Lipinski definition) is 7. The second kappa shape index (κ2) is 4.67. The average molecular weight is 247 g/mol. The fourth-order valence-electron chi connectivity index (χ4n) is 1.63. The molecule has 8 heteroatoms. The quantitative estimate of drug-likeness (QED) is 0.594. The molecule has 92 valence electrons. The van der Waals surface area contributed by atoms with Crippen molar-refractivity contribution in [1.29, 1.82) is 5.26 Å². The van der Waals surface area contributed by atoms with Gasteiger partial charge in [0.1, 0.15) is 0 Å². The van der Waals surface area contributed by atoms with E-state index in [2.05, 4.69) is 14.9 Å². The molecule has 0 aliphatic carbocycles. The van der Waals surface area contributed by atoms with Gasteiger partial charge < -0.3 is 4.90 Å². The fraction of sp³-hybridized carbons (Fsp3) is 0.300. The molecule has 0 saturated heterocycles. The van der Waals surface area contributed by atoms with Crippen molar-refractivity contribution in [3.8, 4) is 6.07 Å². The van der Waals surface area contributed by atoms with Crippen molar-refractivity contribution < 1.29 is 9.55 Å². The maximum absolute atomic E-state index is 10.8. The van der Waals surface area contributed by atoms with Crippen molar-refractivity contribution in [3.05, 3.63) is 22.2 Å². The Hall–Kier alpha value is -2.69. The molecule has 0 aliphatic heterocycles. The first-order valence-corrected chi connectivity index (χ1v) is 5.13. The molecule has 2 aromatic rings. The minimum absolute atomic E-state index is 0.112. The SMILES string of the molecule is CN(CCC#N)c1ccc([N+](=O)[O-])c2nonc12. The molecule has 0 radical (unpaired) electrons. The highest BCUT2D eigenvalue weighted by Gasteiger charge is 2.20. The van der Waals surface area contributed by atoms with Gasteiger partial charge in [0, 0.05) is 19.7 Å². The third-order valence-corrected chi connectivity index (χ3v) is 2.54. The van der Waals surface area contributed by atoms with E-state index in [4.69, 9.17) is 5.26 Å². The second-order valence-corrected chi connectivity index (χ2v) is 3.65. The number of rotatable bonds is 4. The zero-order valence-corrected chi connectivity index (χ0v) is 9.53. The summed E-state index contributed by atoms with van der Waals surface area (Å²) in [6, 6.07) is 4.95. The fourth-order valence-corrected chi connectivity index (χ4v) is 1.63. The van der Waals surface area contributed by atoms with Crippen LogP contribution in [0.25, 0.3) is 11.0 Å². The molecular formula is C10H9N5O3. The highest BCUT2D eigenvalue weighted by molar-refractivity contribution is 5.93. The standard InChI is InChI=1S/C10H9N5O3/c1-14(6-2-5-11)7-3-4-8(15(16)17)10-9(7)12-18-13-10/h3-4H,2,6H2,1H3. The van der Waals surface area contributed by atoms with Gasteiger partial charge in [0.05, 0.1) is 23.1 Å². The summed E-state index contributed by atoms with van der Waals surface area (Å²) in [6.07, 6.45) is 0.347. The number of hydrogen-bond donors (Lipinski definition) is 0. The zero-order chi connectivity index (χ0) is 13.1. The Labute approximate surface area is 102 Å². The van der Waals surface area contributed by atoms with E-state index in [1.165, 1.54) is 6.07 Å². The molecule has 8 nitrogen and oxygen atoms in total. The smallest absolute Gasteiger partial charge is 0.300 e. The van der Waals surface area contributed by atoms with Crippen LogP contribution in [-0.2, 0) is 0 Å². The molecule has 2 rings (SSSR count). The van der Waals surface area contributed by atoms with E-state index in [9.17, 15) is 10.1 Å². The molecule has 1 heterocycles. The Morgan fingerprint density at radius 3 is 2.89 bits per heavy atom. The van der Waals surface area contributed by atoms with Crippen molar-refractivity contribution >= 4 is 22.4 Å². The Bertz CT molecular complexity index is 630. The van der Waals surface area contributed by atoms with Crippen LogP contribution in [0.15, 0.2) is 16.8 Å². The van der Waals surface area contributed by atoms with Crippen molar-refractivity contribution in [2.45, 2.75) is 6.42 Å². The molecule has 0 fully saturated rings. The van der Waals surface area contributed by atoms with Crippen LogP contribution >= 0.6 is 0 Å². The zero-order valence-electron chi connectivity index (χ0n) is 9.53. The van der Waals surface area contributed by atoms with Crippen LogP contribution in [0.3, 0.4) is 0 Å². The molecule has 0 amide bonds. The monoisotopic (exact) mass is 247 g/mol. The number of fused-ring (bicyclic) bond motifs is 1. The van der Waals surface area contributed by atoms with Gasteiger partial charge in [0.25, 0.3) is 0 Å². The maximum atomic E-state index is 10.8. The number of nitrogens with zero attached hydrogens (tertiary/aromatic N) is 5. The summed E-state index contributed by atoms with van der Waals surface area (Å²) in [6.45, 7) is 0.496. The summed E-state index contributed by atoms with van der Waals surface area (Å²) < 4.78 is 4.55. The summed E-state index contributed by atoms with van der Waals surface area (Å²) in [5.74, 6) is 0. The predicted octanol–water partition coefficient (Wildman–Crippen LogP) is 1.48. The van der Waals surface area contributed by atoms with Gasteiger partial charge in [0.2, 0.25) is 5.52 Å². The van der Waals surface area contributed by atoms with Crippen molar-refractivity contribution in [2.24, 2.45) is 0 Å². The van der Waals surface area contributed by atoms with Crippen LogP contribution in [0, 0.1) is 21.4 Å². The first-order valence-electron chi connectivity index (χ1n) is 5.13. The van der Waals surface area contributed by atoms with Crippen molar-refractivity contribution in [2.75, 3.05) is 18.5 Å². The molecule has 0 atom stereocenters. The minimum Gasteiger partial charge on any atom is -0.372 e. The third kappa shape index (κ3) is 1.93. The van der Waals surface area contributed by atoms with Gasteiger partial charge in [-0.15, -0.1) is 0 Å². The molecular weight excluding hydrogens is 238 g/mol. The number of nitro groups is 1. The molecule has 0 unspecified atom stereocenters. The summed E-state index contributed by atoms with van der Waals surface area (Å²) in [5, 5.41) is 26.6. The van der Waals surface area contributed by atoms with Crippen molar-refractivity contribution in [1.82, 2.24) is 10.3 Å². The lowest BCUT2D eigenvalue weighted by molar-refractivity contribution is -0.383. The summed E-state index contributed by atoms with van der Waals surface area (Å²) >= 11 is 0. The summed E-state index contributed by atoms with van der Waals surface area (Å²) in [4.78, 5) is 12.0. The van der Waals surface area contributed by atoms with E-state index in [-0.39, 0.29) is 11.2 Å². The second-order valence-electron chi connectivity index (χ2n) is 3.65. The van der Waals surface area contributed by atoms with Crippen LogP contribution in [0.2, 0.25) is 0 Å². The lowest BCUT2D eigenvalue weighted by atomic mass is 10.2. The van der Waals surface area contributed by atoms with Crippen LogP contribution in [-0.4, -0.2) is 28.8 Å². The molecule has 0 N–H and O–H groups in total. The molecule has 0 aliphatic rings. The van der Waals surface area contributed by atoms with Gasteiger partial charge in [-0.3, -0.25) is 10.1 Å². The Morgan fingerprint density at radius 1 is 1.50 bits per heavy atom. The highest BCUT2D eigenvalue weighted by Crippen LogP contribution is 2.30.